The van der Waals surface area contributed by atoms with Crippen LogP contribution in [-0.4, -0.2) is 70.1 Å². The van der Waals surface area contributed by atoms with Gasteiger partial charge in [0.25, 0.3) is 0 Å². The minimum absolute atomic E-state index is 0.0696. The Morgan fingerprint density at radius 3 is 2.15 bits per heavy atom. The van der Waals surface area contributed by atoms with Gasteiger partial charge in [-0.05, 0) is 7.02 Å². The van der Waals surface area contributed by atoms with Gasteiger partial charge >= 0.3 is 0 Å². The monoisotopic (exact) mass is 196 g/mol. The molecule has 4 unspecified atom stereocenters. The van der Waals surface area contributed by atoms with Crippen molar-refractivity contribution < 1.29 is 26.9 Å². The first-order valence-electron chi connectivity index (χ1n) is 4.58. The molecular formula is C7H17NO5. The van der Waals surface area contributed by atoms with E-state index in [4.69, 9.17) is 16.7 Å². The van der Waals surface area contributed by atoms with E-state index in [1.54, 1.807) is 0 Å². The standard InChI is InChI=1S/C7H17NO5/c1-8-2-4(10)6(12)7(13)5(11)3-9/h4-13H,2-3H2,1H3/i1D. The largest absolute Gasteiger partial charge is 0.394 e. The number of nitrogens with one attached hydrogen (secondary N) is 1. The molecule has 0 radical (unpaired) electrons. The van der Waals surface area contributed by atoms with Crippen molar-refractivity contribution in [1.29, 1.82) is 0 Å². The summed E-state index contributed by atoms with van der Waals surface area (Å²) >= 11 is 0. The van der Waals surface area contributed by atoms with Crippen molar-refractivity contribution in [1.82, 2.24) is 5.32 Å². The van der Waals surface area contributed by atoms with Crippen molar-refractivity contribution >= 4 is 0 Å². The molecule has 0 aliphatic heterocycles. The van der Waals surface area contributed by atoms with Gasteiger partial charge in [0.15, 0.2) is 0 Å². The maximum atomic E-state index is 9.24. The minimum atomic E-state index is -1.61. The summed E-state index contributed by atoms with van der Waals surface area (Å²) in [7, 11) is -0.123. The number of hydrogen-bond donors (Lipinski definition) is 6. The van der Waals surface area contributed by atoms with E-state index >= 15 is 0 Å². The van der Waals surface area contributed by atoms with Gasteiger partial charge in [0, 0.05) is 7.92 Å². The molecule has 6 N–H and O–H groups in total. The zero-order valence-corrected chi connectivity index (χ0v) is 7.17. The molecule has 0 spiro atoms. The molecule has 0 aromatic heterocycles. The van der Waals surface area contributed by atoms with Gasteiger partial charge in [-0.1, -0.05) is 0 Å². The summed E-state index contributed by atoms with van der Waals surface area (Å²) in [6, 6.07) is 0. The van der Waals surface area contributed by atoms with Gasteiger partial charge in [0.1, 0.15) is 18.3 Å². The van der Waals surface area contributed by atoms with Crippen LogP contribution in [0.25, 0.3) is 0 Å². The second kappa shape index (κ2) is 6.25. The van der Waals surface area contributed by atoms with Gasteiger partial charge in [0.05, 0.1) is 12.7 Å². The Bertz CT molecular complexity index is 150. The van der Waals surface area contributed by atoms with Crippen molar-refractivity contribution in [3.05, 3.63) is 0 Å². The maximum Gasteiger partial charge on any atom is 0.111 e. The minimum Gasteiger partial charge on any atom is -0.394 e. The molecule has 0 saturated carbocycles. The van der Waals surface area contributed by atoms with Crippen LogP contribution in [0.3, 0.4) is 0 Å². The molecule has 0 rings (SSSR count). The molecule has 4 atom stereocenters. The Labute approximate surface area is 77.9 Å². The molecule has 13 heavy (non-hydrogen) atoms. The highest BCUT2D eigenvalue weighted by Gasteiger charge is 2.29. The van der Waals surface area contributed by atoms with Crippen LogP contribution in [-0.2, 0) is 0 Å². The Morgan fingerprint density at radius 1 is 1.15 bits per heavy atom. The molecule has 80 valence electrons. The molecule has 0 fully saturated rings. The summed E-state index contributed by atoms with van der Waals surface area (Å²) in [6.07, 6.45) is -5.95. The first-order valence-corrected chi connectivity index (χ1v) is 3.87. The predicted octanol–water partition coefficient (Wildman–Crippen LogP) is -3.36. The second-order valence-electron chi connectivity index (χ2n) is 2.75. The van der Waals surface area contributed by atoms with E-state index in [1.807, 2.05) is 0 Å². The van der Waals surface area contributed by atoms with Gasteiger partial charge in [0.2, 0.25) is 0 Å². The van der Waals surface area contributed by atoms with E-state index in [9.17, 15) is 10.2 Å². The Morgan fingerprint density at radius 2 is 1.69 bits per heavy atom. The van der Waals surface area contributed by atoms with Crippen molar-refractivity contribution in [3.8, 4) is 0 Å². The maximum absolute atomic E-state index is 9.24. The smallest absolute Gasteiger partial charge is 0.111 e. The van der Waals surface area contributed by atoms with Crippen LogP contribution in [0.1, 0.15) is 1.37 Å². The van der Waals surface area contributed by atoms with E-state index in [-0.39, 0.29) is 13.6 Å². The summed E-state index contributed by atoms with van der Waals surface area (Å²) in [5.74, 6) is 0. The highest BCUT2D eigenvalue weighted by atomic mass is 16.4. The third-order valence-corrected chi connectivity index (χ3v) is 1.68. The zero-order chi connectivity index (χ0) is 11.1. The highest BCUT2D eigenvalue weighted by Crippen LogP contribution is 2.04. The Hall–Kier alpha value is -0.240. The third kappa shape index (κ3) is 3.99. The molecule has 0 aliphatic rings. The average molecular weight is 196 g/mol. The number of hydrogen-bond acceptors (Lipinski definition) is 6. The first-order chi connectivity index (χ1) is 6.54. The van der Waals surface area contributed by atoms with Crippen LogP contribution < -0.4 is 5.32 Å². The molecule has 0 heterocycles. The molecule has 0 bridgehead atoms. The van der Waals surface area contributed by atoms with E-state index in [2.05, 4.69) is 5.32 Å². The van der Waals surface area contributed by atoms with Gasteiger partial charge in [-0.3, -0.25) is 0 Å². The molecular weight excluding hydrogens is 178 g/mol. The quantitative estimate of drug-likeness (QED) is 0.264. The lowest BCUT2D eigenvalue weighted by Crippen LogP contribution is -2.48. The Kier molecular flexibility index (Phi) is 5.21. The predicted molar refractivity (Wildman–Crippen MR) is 45.0 cm³/mol. The fourth-order valence-corrected chi connectivity index (χ4v) is 0.832. The number of rotatable bonds is 6. The van der Waals surface area contributed by atoms with Gasteiger partial charge in [-0.25, -0.2) is 0 Å². The molecule has 0 aliphatic carbocycles. The molecule has 0 aromatic rings. The SMILES string of the molecule is [2H]CNCC(O)C(O)C(O)C(O)CO. The van der Waals surface area contributed by atoms with Gasteiger partial charge in [-0.2, -0.15) is 0 Å². The summed E-state index contributed by atoms with van der Waals surface area (Å²) in [4.78, 5) is 0. The number of aliphatic hydroxyl groups is 5. The van der Waals surface area contributed by atoms with Crippen molar-refractivity contribution in [2.45, 2.75) is 24.4 Å². The van der Waals surface area contributed by atoms with Crippen LogP contribution in [0.2, 0.25) is 0 Å². The molecule has 6 heteroatoms. The second-order valence-corrected chi connectivity index (χ2v) is 2.75. The average Bonchev–Trinajstić information content (AvgIpc) is 2.22. The molecule has 0 amide bonds. The third-order valence-electron chi connectivity index (χ3n) is 1.68. The van der Waals surface area contributed by atoms with E-state index in [1.165, 1.54) is 0 Å². The van der Waals surface area contributed by atoms with Crippen molar-refractivity contribution in [3.63, 3.8) is 0 Å². The van der Waals surface area contributed by atoms with Crippen LogP contribution in [0, 0.1) is 0 Å². The van der Waals surface area contributed by atoms with Gasteiger partial charge in [-0.15, -0.1) is 0 Å². The van der Waals surface area contributed by atoms with Gasteiger partial charge < -0.3 is 30.8 Å². The van der Waals surface area contributed by atoms with E-state index in [0.717, 1.165) is 0 Å². The van der Waals surface area contributed by atoms with Crippen molar-refractivity contribution in [2.75, 3.05) is 20.2 Å². The first kappa shape index (κ1) is 10.8. The lowest BCUT2D eigenvalue weighted by atomic mass is 10.0. The molecule has 6 nitrogen and oxygen atoms in total. The lowest BCUT2D eigenvalue weighted by Gasteiger charge is -2.25. The van der Waals surface area contributed by atoms with E-state index in [0.29, 0.717) is 0 Å². The van der Waals surface area contributed by atoms with E-state index < -0.39 is 31.0 Å². The number of likely N-dealkylation sites (N-methyl/N-ethyl adjacent to an activating group) is 1. The normalized spacial score (nSPS) is 21.8. The van der Waals surface area contributed by atoms with Crippen LogP contribution in [0.15, 0.2) is 0 Å². The Balaban J connectivity index is 3.95. The zero-order valence-electron chi connectivity index (χ0n) is 8.17. The van der Waals surface area contributed by atoms with Crippen LogP contribution in [0.4, 0.5) is 0 Å². The lowest BCUT2D eigenvalue weighted by molar-refractivity contribution is -0.113. The van der Waals surface area contributed by atoms with Crippen LogP contribution in [0.5, 0.6) is 0 Å². The fraction of sp³-hybridized carbons (Fsp3) is 1.00. The van der Waals surface area contributed by atoms with Crippen LogP contribution >= 0.6 is 0 Å². The molecule has 0 saturated heterocycles. The highest BCUT2D eigenvalue weighted by molar-refractivity contribution is 4.81. The number of aliphatic hydroxyl groups excluding tert-OH is 5. The fourth-order valence-electron chi connectivity index (χ4n) is 0.832. The van der Waals surface area contributed by atoms with Crippen molar-refractivity contribution in [2.24, 2.45) is 0 Å². The topological polar surface area (TPSA) is 113 Å². The summed E-state index contributed by atoms with van der Waals surface area (Å²) in [5, 5.41) is 47.5. The summed E-state index contributed by atoms with van der Waals surface area (Å²) < 4.78 is 6.71. The summed E-state index contributed by atoms with van der Waals surface area (Å²) in [5.41, 5.74) is 0. The summed E-state index contributed by atoms with van der Waals surface area (Å²) in [6.45, 7) is -0.767. The molecule has 0 aromatic carbocycles.